The van der Waals surface area contributed by atoms with Crippen molar-refractivity contribution in [2.45, 2.75) is 26.6 Å². The van der Waals surface area contributed by atoms with Crippen LogP contribution >= 0.6 is 0 Å². The molecule has 2 aromatic carbocycles. The van der Waals surface area contributed by atoms with Crippen LogP contribution in [0, 0.1) is 0 Å². The molecule has 0 spiro atoms. The van der Waals surface area contributed by atoms with Crippen LogP contribution < -0.4 is 24.3 Å². The highest BCUT2D eigenvalue weighted by molar-refractivity contribution is 6.02. The Bertz CT molecular complexity index is 1100. The Morgan fingerprint density at radius 3 is 2.36 bits per heavy atom. The van der Waals surface area contributed by atoms with E-state index in [-0.39, 0.29) is 12.0 Å². The average molecular weight is 449 g/mol. The third kappa shape index (κ3) is 7.00. The van der Waals surface area contributed by atoms with Crippen molar-refractivity contribution in [2.24, 2.45) is 0 Å². The van der Waals surface area contributed by atoms with Crippen LogP contribution in [0.25, 0.3) is 6.08 Å². The second-order valence-electron chi connectivity index (χ2n) is 7.41. The van der Waals surface area contributed by atoms with Gasteiger partial charge in [-0.3, -0.25) is 9.78 Å². The summed E-state index contributed by atoms with van der Waals surface area (Å²) in [4.78, 5) is 16.5. The van der Waals surface area contributed by atoms with Gasteiger partial charge in [-0.25, -0.2) is 0 Å². The summed E-state index contributed by atoms with van der Waals surface area (Å²) in [6.45, 7) is 4.26. The van der Waals surface area contributed by atoms with Crippen LogP contribution in [0.4, 0.5) is 5.69 Å². The first kappa shape index (κ1) is 23.7. The Kier molecular flexibility index (Phi) is 8.30. The molecule has 0 unspecified atom stereocenters. The molecule has 0 atom stereocenters. The summed E-state index contributed by atoms with van der Waals surface area (Å²) in [5.74, 6) is 2.10. The van der Waals surface area contributed by atoms with Gasteiger partial charge in [-0.05, 0) is 67.4 Å². The minimum absolute atomic E-state index is 0.0362. The van der Waals surface area contributed by atoms with Crippen LogP contribution in [0.3, 0.4) is 0 Å². The summed E-state index contributed by atoms with van der Waals surface area (Å²) >= 11 is 0. The van der Waals surface area contributed by atoms with Crippen molar-refractivity contribution in [1.82, 2.24) is 4.98 Å². The van der Waals surface area contributed by atoms with E-state index in [0.29, 0.717) is 35.3 Å². The zero-order valence-electron chi connectivity index (χ0n) is 19.2. The number of aromatic nitrogens is 1. The zero-order chi connectivity index (χ0) is 23.6. The third-order valence-electron chi connectivity index (χ3n) is 4.55. The number of carbonyl (C=O) groups excluding carboxylic acids is 1. The highest BCUT2D eigenvalue weighted by Gasteiger charge is 2.09. The molecule has 0 aliphatic carbocycles. The quantitative estimate of drug-likeness (QED) is 0.434. The average Bonchev–Trinajstić information content (AvgIpc) is 2.82. The van der Waals surface area contributed by atoms with Crippen molar-refractivity contribution >= 4 is 17.7 Å². The zero-order valence-corrected chi connectivity index (χ0v) is 19.2. The number of rotatable bonds is 10. The van der Waals surface area contributed by atoms with E-state index in [1.807, 2.05) is 44.2 Å². The number of methoxy groups -OCH3 is 2. The lowest BCUT2D eigenvalue weighted by atomic mass is 10.2. The number of carbonyl (C=O) groups is 1. The maximum atomic E-state index is 12.5. The first-order chi connectivity index (χ1) is 16.0. The lowest BCUT2D eigenvalue weighted by Gasteiger charge is -2.13. The predicted octanol–water partition coefficient (Wildman–Crippen LogP) is 5.12. The normalized spacial score (nSPS) is 10.8. The Morgan fingerprint density at radius 1 is 0.939 bits per heavy atom. The molecule has 7 nitrogen and oxygen atoms in total. The van der Waals surface area contributed by atoms with Crippen LogP contribution in [-0.4, -0.2) is 31.2 Å². The van der Waals surface area contributed by atoms with E-state index < -0.39 is 0 Å². The molecule has 172 valence electrons. The number of amides is 1. The van der Waals surface area contributed by atoms with Crippen LogP contribution in [0.5, 0.6) is 23.0 Å². The number of nitrogens with one attached hydrogen (secondary N) is 1. The second kappa shape index (κ2) is 11.6. The highest BCUT2D eigenvalue weighted by atomic mass is 16.5. The fraction of sp³-hybridized carbons (Fsp3) is 0.231. The Labute approximate surface area is 194 Å². The molecule has 1 N–H and O–H groups in total. The number of hydrogen-bond acceptors (Lipinski definition) is 6. The second-order valence-corrected chi connectivity index (χ2v) is 7.41. The Hall–Kier alpha value is -4.00. The number of nitrogens with zero attached hydrogens (tertiary/aromatic N) is 1. The summed E-state index contributed by atoms with van der Waals surface area (Å²) < 4.78 is 22.4. The minimum Gasteiger partial charge on any atom is -0.493 e. The molecule has 1 aromatic heterocycles. The van der Waals surface area contributed by atoms with Crippen molar-refractivity contribution in [2.75, 3.05) is 19.5 Å². The maximum Gasteiger partial charge on any atom is 0.248 e. The van der Waals surface area contributed by atoms with Crippen molar-refractivity contribution in [3.63, 3.8) is 0 Å². The molecule has 0 radical (unpaired) electrons. The standard InChI is InChI=1S/C26H28N2O5/c1-18(2)33-23-8-5-19(15-24(23)31-4)6-10-26(29)28-21-7-9-22(30-3)25(16-21)32-17-20-11-13-27-14-12-20/h5-16,18H,17H2,1-4H3,(H,28,29)/b10-6+. The monoisotopic (exact) mass is 448 g/mol. The van der Waals surface area contributed by atoms with Gasteiger partial charge in [0.05, 0.1) is 20.3 Å². The fourth-order valence-corrected chi connectivity index (χ4v) is 3.00. The van der Waals surface area contributed by atoms with Crippen molar-refractivity contribution in [1.29, 1.82) is 0 Å². The molecule has 3 rings (SSSR count). The lowest BCUT2D eigenvalue weighted by molar-refractivity contribution is -0.111. The number of pyridine rings is 1. The molecule has 0 fully saturated rings. The third-order valence-corrected chi connectivity index (χ3v) is 4.55. The summed E-state index contributed by atoms with van der Waals surface area (Å²) in [7, 11) is 3.15. The molecule has 0 saturated carbocycles. The van der Waals surface area contributed by atoms with Crippen molar-refractivity contribution in [3.05, 3.63) is 78.1 Å². The van der Waals surface area contributed by atoms with Gasteiger partial charge >= 0.3 is 0 Å². The van der Waals surface area contributed by atoms with E-state index in [2.05, 4.69) is 10.3 Å². The molecule has 1 heterocycles. The van der Waals surface area contributed by atoms with E-state index >= 15 is 0 Å². The minimum atomic E-state index is -0.276. The van der Waals surface area contributed by atoms with Gasteiger partial charge in [-0.2, -0.15) is 0 Å². The van der Waals surface area contributed by atoms with Gasteiger partial charge in [0.1, 0.15) is 6.61 Å². The van der Waals surface area contributed by atoms with Crippen molar-refractivity contribution < 1.29 is 23.7 Å². The Morgan fingerprint density at radius 2 is 1.67 bits per heavy atom. The molecule has 1 amide bonds. The van der Waals surface area contributed by atoms with Gasteiger partial charge in [-0.1, -0.05) is 6.07 Å². The van der Waals surface area contributed by atoms with E-state index in [9.17, 15) is 4.79 Å². The van der Waals surface area contributed by atoms with Gasteiger partial charge in [0.25, 0.3) is 0 Å². The summed E-state index contributed by atoms with van der Waals surface area (Å²) in [6.07, 6.45) is 6.62. The number of hydrogen-bond donors (Lipinski definition) is 1. The molecule has 0 saturated heterocycles. The van der Waals surface area contributed by atoms with Gasteiger partial charge in [0, 0.05) is 30.2 Å². The van der Waals surface area contributed by atoms with E-state index in [1.54, 1.807) is 50.9 Å². The number of benzene rings is 2. The van der Waals surface area contributed by atoms with Gasteiger partial charge in [0.15, 0.2) is 23.0 Å². The fourth-order valence-electron chi connectivity index (χ4n) is 3.00. The smallest absolute Gasteiger partial charge is 0.248 e. The van der Waals surface area contributed by atoms with E-state index in [4.69, 9.17) is 18.9 Å². The first-order valence-corrected chi connectivity index (χ1v) is 10.5. The molecule has 7 heteroatoms. The van der Waals surface area contributed by atoms with Gasteiger partial charge in [0.2, 0.25) is 5.91 Å². The number of ether oxygens (including phenoxy) is 4. The van der Waals surface area contributed by atoms with Crippen LogP contribution in [-0.2, 0) is 11.4 Å². The lowest BCUT2D eigenvalue weighted by Crippen LogP contribution is -2.08. The van der Waals surface area contributed by atoms with Crippen molar-refractivity contribution in [3.8, 4) is 23.0 Å². The maximum absolute atomic E-state index is 12.5. The molecule has 3 aromatic rings. The van der Waals surface area contributed by atoms with Crippen LogP contribution in [0.1, 0.15) is 25.0 Å². The summed E-state index contributed by atoms with van der Waals surface area (Å²) in [6, 6.07) is 14.5. The SMILES string of the molecule is COc1ccc(NC(=O)/C=C/c2ccc(OC(C)C)c(OC)c2)cc1OCc1ccncc1. The molecule has 0 bridgehead atoms. The summed E-state index contributed by atoms with van der Waals surface area (Å²) in [5, 5.41) is 2.84. The molecular formula is C26H28N2O5. The largest absolute Gasteiger partial charge is 0.493 e. The Balaban J connectivity index is 1.66. The number of anilines is 1. The van der Waals surface area contributed by atoms with Gasteiger partial charge in [-0.15, -0.1) is 0 Å². The summed E-state index contributed by atoms with van der Waals surface area (Å²) in [5.41, 5.74) is 2.38. The predicted molar refractivity (Wildman–Crippen MR) is 128 cm³/mol. The van der Waals surface area contributed by atoms with Crippen LogP contribution in [0.15, 0.2) is 67.0 Å². The van der Waals surface area contributed by atoms with Crippen LogP contribution in [0.2, 0.25) is 0 Å². The first-order valence-electron chi connectivity index (χ1n) is 10.5. The topological polar surface area (TPSA) is 78.9 Å². The molecule has 0 aliphatic heterocycles. The van der Waals surface area contributed by atoms with Gasteiger partial charge < -0.3 is 24.3 Å². The van der Waals surface area contributed by atoms with E-state index in [0.717, 1.165) is 11.1 Å². The molecule has 0 aliphatic rings. The highest BCUT2D eigenvalue weighted by Crippen LogP contribution is 2.31. The molecular weight excluding hydrogens is 420 g/mol. The molecule has 33 heavy (non-hydrogen) atoms. The van der Waals surface area contributed by atoms with E-state index in [1.165, 1.54) is 6.08 Å².